The molecule has 0 aromatic carbocycles. The van der Waals surface area contributed by atoms with Crippen LogP contribution in [-0.2, 0) is 23.8 Å². The topological polar surface area (TPSA) is 175 Å². The van der Waals surface area contributed by atoms with Crippen LogP contribution >= 0.6 is 0 Å². The van der Waals surface area contributed by atoms with E-state index in [0.717, 1.165) is 89.9 Å². The summed E-state index contributed by atoms with van der Waals surface area (Å²) < 4.78 is 17.6. The molecule has 8 atom stereocenters. The molecule has 0 aliphatic carbocycles. The van der Waals surface area contributed by atoms with Gasteiger partial charge in [-0.1, -0.05) is 261 Å². The molecule has 1 fully saturated rings. The summed E-state index contributed by atoms with van der Waals surface area (Å²) in [6, 6.07) is -1.02. The van der Waals surface area contributed by atoms with E-state index >= 15 is 0 Å². The number of esters is 1. The first-order valence-corrected chi connectivity index (χ1v) is 31.6. The summed E-state index contributed by atoms with van der Waals surface area (Å²) in [6.45, 7) is 5.74. The summed E-state index contributed by atoms with van der Waals surface area (Å²) >= 11 is 0. The number of aliphatic hydroxyl groups excluding tert-OH is 5. The van der Waals surface area contributed by atoms with Crippen molar-refractivity contribution in [2.75, 3.05) is 13.2 Å². The van der Waals surface area contributed by atoms with Crippen molar-refractivity contribution in [1.29, 1.82) is 0 Å². The Morgan fingerprint density at radius 2 is 0.908 bits per heavy atom. The van der Waals surface area contributed by atoms with Crippen molar-refractivity contribution < 1.29 is 49.3 Å². The molecule has 0 spiro atoms. The van der Waals surface area contributed by atoms with Gasteiger partial charge < -0.3 is 45.1 Å². The standard InChI is InChI=1S/C65H117NO10/c1-4-7-10-13-16-19-22-24-25-26-27-28-29-30-31-32-33-34-35-36-38-41-44-47-50-53-60(70)76-63-62(72)61(71)59(54-67)75-65(63)74-55-56(57(68)51-48-45-42-40-37-23-20-17-14-11-8-5-2)66-64(73)58(69)52-49-46-43-39-21-18-15-12-9-6-3/h16,19,24-25,27-28,30-31,48,51,56-59,61-63,65,67-69,71-72H,4-15,17-18,20-23,26,29,32-47,49-50,52-55H2,1-3H3,(H,66,73)/b19-16-,25-24-,28-27-,31-30-,51-48+. The Labute approximate surface area is 465 Å². The molecule has 1 aliphatic rings. The van der Waals surface area contributed by atoms with Crippen molar-refractivity contribution in [2.45, 2.75) is 327 Å². The number of rotatable bonds is 53. The highest BCUT2D eigenvalue weighted by Gasteiger charge is 2.47. The number of hydrogen-bond acceptors (Lipinski definition) is 10. The van der Waals surface area contributed by atoms with Gasteiger partial charge in [0.2, 0.25) is 5.91 Å². The van der Waals surface area contributed by atoms with Crippen LogP contribution in [0.4, 0.5) is 0 Å². The van der Waals surface area contributed by atoms with Gasteiger partial charge >= 0.3 is 5.97 Å². The van der Waals surface area contributed by atoms with Gasteiger partial charge in [-0.2, -0.15) is 0 Å². The maximum absolute atomic E-state index is 13.3. The molecule has 1 heterocycles. The predicted molar refractivity (Wildman–Crippen MR) is 315 cm³/mol. The van der Waals surface area contributed by atoms with Crippen molar-refractivity contribution in [3.63, 3.8) is 0 Å². The molecule has 76 heavy (non-hydrogen) atoms. The maximum Gasteiger partial charge on any atom is 0.306 e. The lowest BCUT2D eigenvalue weighted by Crippen LogP contribution is -2.61. The summed E-state index contributed by atoms with van der Waals surface area (Å²) in [5.41, 5.74) is 0. The van der Waals surface area contributed by atoms with Crippen LogP contribution < -0.4 is 5.32 Å². The van der Waals surface area contributed by atoms with Crippen LogP contribution in [0.15, 0.2) is 60.8 Å². The van der Waals surface area contributed by atoms with E-state index in [2.05, 4.69) is 74.7 Å². The second kappa shape index (κ2) is 53.0. The van der Waals surface area contributed by atoms with Gasteiger partial charge in [0, 0.05) is 6.42 Å². The Hall–Kier alpha value is -2.64. The van der Waals surface area contributed by atoms with Crippen LogP contribution in [0.3, 0.4) is 0 Å². The van der Waals surface area contributed by atoms with Gasteiger partial charge in [-0.15, -0.1) is 0 Å². The molecule has 8 unspecified atom stereocenters. The van der Waals surface area contributed by atoms with E-state index in [-0.39, 0.29) is 13.0 Å². The molecule has 1 amide bonds. The minimum atomic E-state index is -1.62. The van der Waals surface area contributed by atoms with Crippen LogP contribution in [-0.4, -0.2) is 99.6 Å². The number of carbonyl (C=O) groups excluding carboxylic acids is 2. The van der Waals surface area contributed by atoms with Gasteiger partial charge in [0.15, 0.2) is 12.4 Å². The lowest BCUT2D eigenvalue weighted by molar-refractivity contribution is -0.305. The fourth-order valence-corrected chi connectivity index (χ4v) is 9.64. The third kappa shape index (κ3) is 40.5. The molecule has 11 nitrogen and oxygen atoms in total. The predicted octanol–water partition coefficient (Wildman–Crippen LogP) is 15.0. The molecule has 1 saturated heterocycles. The Bertz CT molecular complexity index is 1460. The molecule has 0 radical (unpaired) electrons. The Morgan fingerprint density at radius 1 is 0.513 bits per heavy atom. The molecule has 1 aliphatic heterocycles. The van der Waals surface area contributed by atoms with Crippen molar-refractivity contribution in [3.8, 4) is 0 Å². The molecule has 0 aromatic heterocycles. The zero-order chi connectivity index (χ0) is 55.4. The first-order chi connectivity index (χ1) is 37.2. The van der Waals surface area contributed by atoms with Gasteiger partial charge in [-0.3, -0.25) is 9.59 Å². The van der Waals surface area contributed by atoms with E-state index < -0.39 is 67.4 Å². The quantitative estimate of drug-likeness (QED) is 0.0195. The van der Waals surface area contributed by atoms with E-state index in [1.54, 1.807) is 6.08 Å². The smallest absolute Gasteiger partial charge is 0.306 e. The van der Waals surface area contributed by atoms with Gasteiger partial charge in [0.05, 0.1) is 25.4 Å². The number of amides is 1. The molecular weight excluding hydrogens is 955 g/mol. The van der Waals surface area contributed by atoms with Crippen LogP contribution in [0.1, 0.15) is 278 Å². The summed E-state index contributed by atoms with van der Waals surface area (Å²) in [5.74, 6) is -1.20. The average Bonchev–Trinajstić information content (AvgIpc) is 3.42. The second-order valence-corrected chi connectivity index (χ2v) is 21.8. The lowest BCUT2D eigenvalue weighted by atomic mass is 9.99. The van der Waals surface area contributed by atoms with E-state index in [0.29, 0.717) is 19.3 Å². The molecule has 0 saturated carbocycles. The van der Waals surface area contributed by atoms with Gasteiger partial charge in [-0.05, 0) is 70.6 Å². The Kier molecular flexibility index (Phi) is 49.8. The van der Waals surface area contributed by atoms with E-state index in [4.69, 9.17) is 14.2 Å². The first-order valence-electron chi connectivity index (χ1n) is 31.6. The normalized spacial score (nSPS) is 19.5. The monoisotopic (exact) mass is 1070 g/mol. The maximum atomic E-state index is 13.3. The average molecular weight is 1070 g/mol. The zero-order valence-electron chi connectivity index (χ0n) is 48.9. The van der Waals surface area contributed by atoms with Gasteiger partial charge in [0.1, 0.15) is 24.4 Å². The van der Waals surface area contributed by atoms with E-state index in [1.807, 2.05) is 6.08 Å². The minimum Gasteiger partial charge on any atom is -0.454 e. The number of carbonyl (C=O) groups is 2. The number of hydrogen-bond donors (Lipinski definition) is 6. The number of ether oxygens (including phenoxy) is 3. The van der Waals surface area contributed by atoms with Crippen LogP contribution in [0, 0.1) is 0 Å². The van der Waals surface area contributed by atoms with Crippen LogP contribution in [0.2, 0.25) is 0 Å². The van der Waals surface area contributed by atoms with Gasteiger partial charge in [0.25, 0.3) is 0 Å². The third-order valence-corrected chi connectivity index (χ3v) is 14.7. The van der Waals surface area contributed by atoms with E-state index in [1.165, 1.54) is 141 Å². The van der Waals surface area contributed by atoms with Crippen molar-refractivity contribution >= 4 is 11.9 Å². The molecule has 0 bridgehead atoms. The fraction of sp³-hybridized carbons (Fsp3) is 0.815. The number of aliphatic hydroxyl groups is 5. The van der Waals surface area contributed by atoms with Crippen LogP contribution in [0.5, 0.6) is 0 Å². The largest absolute Gasteiger partial charge is 0.454 e. The highest BCUT2D eigenvalue weighted by molar-refractivity contribution is 5.80. The molecule has 6 N–H and O–H groups in total. The number of allylic oxidation sites excluding steroid dienone is 9. The molecule has 11 heteroatoms. The Morgan fingerprint density at radius 3 is 1.38 bits per heavy atom. The highest BCUT2D eigenvalue weighted by Crippen LogP contribution is 2.26. The Balaban J connectivity index is 2.59. The number of unbranched alkanes of at least 4 members (excludes halogenated alkanes) is 31. The van der Waals surface area contributed by atoms with Crippen molar-refractivity contribution in [1.82, 2.24) is 5.32 Å². The van der Waals surface area contributed by atoms with Gasteiger partial charge in [-0.25, -0.2) is 0 Å². The summed E-state index contributed by atoms with van der Waals surface area (Å²) in [4.78, 5) is 26.5. The zero-order valence-corrected chi connectivity index (χ0v) is 48.9. The summed E-state index contributed by atoms with van der Waals surface area (Å²) in [7, 11) is 0. The van der Waals surface area contributed by atoms with Crippen LogP contribution in [0.25, 0.3) is 0 Å². The second-order valence-electron chi connectivity index (χ2n) is 21.8. The third-order valence-electron chi connectivity index (χ3n) is 14.7. The van der Waals surface area contributed by atoms with Crippen molar-refractivity contribution in [2.24, 2.45) is 0 Å². The molecule has 442 valence electrons. The lowest BCUT2D eigenvalue weighted by Gasteiger charge is -2.41. The van der Waals surface area contributed by atoms with Crippen molar-refractivity contribution in [3.05, 3.63) is 60.8 Å². The SMILES string of the molecule is CCCCC/C=C\C/C=C\C/C=C\C/C=C\CCCCCCCCCCCC(=O)OC1C(OCC(NC(=O)C(O)CCCCCCCCCCCC)C(O)/C=C/CCCCCCCCCCCC)OC(CO)C(O)C1O. The summed E-state index contributed by atoms with van der Waals surface area (Å²) in [6.07, 6.45) is 55.5. The highest BCUT2D eigenvalue weighted by atomic mass is 16.7. The molecule has 1 rings (SSSR count). The minimum absolute atomic E-state index is 0.116. The molecular formula is C65H117NO10. The first kappa shape index (κ1) is 71.4. The summed E-state index contributed by atoms with van der Waals surface area (Å²) in [5, 5.41) is 56.9. The molecule has 0 aromatic rings. The van der Waals surface area contributed by atoms with E-state index in [9.17, 15) is 35.1 Å². The fourth-order valence-electron chi connectivity index (χ4n) is 9.64. The number of nitrogens with one attached hydrogen (secondary N) is 1.